The number of benzene rings is 1. The van der Waals surface area contributed by atoms with Crippen molar-refractivity contribution in [2.24, 2.45) is 0 Å². The normalized spacial score (nSPS) is 20.4. The highest BCUT2D eigenvalue weighted by Crippen LogP contribution is 2.15. The second kappa shape index (κ2) is 5.76. The van der Waals surface area contributed by atoms with E-state index in [1.165, 1.54) is 12.1 Å². The second-order valence-electron chi connectivity index (χ2n) is 5.01. The van der Waals surface area contributed by atoms with E-state index in [1.807, 2.05) is 0 Å². The first-order valence-electron chi connectivity index (χ1n) is 6.97. The number of likely N-dealkylation sites (N-methyl/N-ethyl adjacent to an activating group) is 1. The molecule has 1 aliphatic rings. The van der Waals surface area contributed by atoms with Crippen molar-refractivity contribution in [3.05, 3.63) is 24.0 Å². The summed E-state index contributed by atoms with van der Waals surface area (Å²) < 4.78 is 18.8. The zero-order valence-corrected chi connectivity index (χ0v) is 11.5. The van der Waals surface area contributed by atoms with Gasteiger partial charge in [-0.2, -0.15) is 0 Å². The van der Waals surface area contributed by atoms with Crippen LogP contribution in [-0.2, 0) is 4.74 Å². The molecule has 2 heterocycles. The SMILES string of the molecule is CCN1CCOC(CNc2nc3ccc(F)cc3[nH]2)C1. The van der Waals surface area contributed by atoms with E-state index >= 15 is 0 Å². The lowest BCUT2D eigenvalue weighted by atomic mass is 10.2. The first kappa shape index (κ1) is 13.3. The number of rotatable bonds is 4. The number of nitrogens with one attached hydrogen (secondary N) is 2. The van der Waals surface area contributed by atoms with Crippen molar-refractivity contribution in [1.29, 1.82) is 0 Å². The standard InChI is InChI=1S/C14H19FN4O/c1-2-19-5-6-20-11(9-19)8-16-14-17-12-4-3-10(15)7-13(12)18-14/h3-4,7,11H,2,5-6,8-9H2,1H3,(H2,16,17,18). The van der Waals surface area contributed by atoms with Gasteiger partial charge in [-0.3, -0.25) is 4.90 Å². The summed E-state index contributed by atoms with van der Waals surface area (Å²) in [6, 6.07) is 4.53. The lowest BCUT2D eigenvalue weighted by molar-refractivity contribution is -0.0192. The molecule has 0 bridgehead atoms. The molecule has 0 saturated carbocycles. The third kappa shape index (κ3) is 2.91. The number of ether oxygens (including phenoxy) is 1. The van der Waals surface area contributed by atoms with Crippen LogP contribution in [-0.4, -0.2) is 53.8 Å². The fourth-order valence-electron chi connectivity index (χ4n) is 2.47. The summed E-state index contributed by atoms with van der Waals surface area (Å²) >= 11 is 0. The van der Waals surface area contributed by atoms with Crippen LogP contribution in [0.3, 0.4) is 0 Å². The Morgan fingerprint density at radius 3 is 3.30 bits per heavy atom. The molecule has 1 unspecified atom stereocenters. The molecule has 5 nitrogen and oxygen atoms in total. The molecule has 1 aliphatic heterocycles. The van der Waals surface area contributed by atoms with E-state index in [9.17, 15) is 4.39 Å². The Morgan fingerprint density at radius 1 is 1.55 bits per heavy atom. The molecule has 1 saturated heterocycles. The number of aromatic nitrogens is 2. The Labute approximate surface area is 117 Å². The van der Waals surface area contributed by atoms with Crippen molar-refractivity contribution in [2.45, 2.75) is 13.0 Å². The van der Waals surface area contributed by atoms with Crippen LogP contribution < -0.4 is 5.32 Å². The number of fused-ring (bicyclic) bond motifs is 1. The zero-order chi connectivity index (χ0) is 13.9. The molecule has 0 amide bonds. The first-order valence-corrected chi connectivity index (χ1v) is 6.97. The summed E-state index contributed by atoms with van der Waals surface area (Å²) in [5.41, 5.74) is 1.46. The lowest BCUT2D eigenvalue weighted by Crippen LogP contribution is -2.45. The maximum atomic E-state index is 13.1. The van der Waals surface area contributed by atoms with Crippen molar-refractivity contribution in [1.82, 2.24) is 14.9 Å². The number of hydrogen-bond donors (Lipinski definition) is 2. The van der Waals surface area contributed by atoms with E-state index in [0.717, 1.165) is 31.8 Å². The molecule has 0 aliphatic carbocycles. The summed E-state index contributed by atoms with van der Waals surface area (Å²) in [5, 5.41) is 3.23. The molecule has 1 aromatic heterocycles. The average molecular weight is 278 g/mol. The van der Waals surface area contributed by atoms with Gasteiger partial charge in [-0.05, 0) is 24.7 Å². The molecule has 0 spiro atoms. The van der Waals surface area contributed by atoms with Gasteiger partial charge >= 0.3 is 0 Å². The van der Waals surface area contributed by atoms with Gasteiger partial charge < -0.3 is 15.0 Å². The van der Waals surface area contributed by atoms with Crippen LogP contribution in [0.5, 0.6) is 0 Å². The summed E-state index contributed by atoms with van der Waals surface area (Å²) in [7, 11) is 0. The Kier molecular flexibility index (Phi) is 3.84. The van der Waals surface area contributed by atoms with Crippen LogP contribution in [0.15, 0.2) is 18.2 Å². The van der Waals surface area contributed by atoms with Crippen LogP contribution in [0.25, 0.3) is 11.0 Å². The largest absolute Gasteiger partial charge is 0.374 e. The molecule has 1 fully saturated rings. The van der Waals surface area contributed by atoms with E-state index in [-0.39, 0.29) is 11.9 Å². The van der Waals surface area contributed by atoms with Crippen molar-refractivity contribution < 1.29 is 9.13 Å². The highest BCUT2D eigenvalue weighted by Gasteiger charge is 2.19. The van der Waals surface area contributed by atoms with Gasteiger partial charge in [0.1, 0.15) is 5.82 Å². The third-order valence-electron chi connectivity index (χ3n) is 3.61. The number of imidazole rings is 1. The minimum atomic E-state index is -0.262. The molecule has 3 rings (SSSR count). The molecule has 108 valence electrons. The van der Waals surface area contributed by atoms with E-state index in [4.69, 9.17) is 4.74 Å². The quantitative estimate of drug-likeness (QED) is 0.896. The van der Waals surface area contributed by atoms with Crippen molar-refractivity contribution in [2.75, 3.05) is 38.1 Å². The molecular weight excluding hydrogens is 259 g/mol. The van der Waals surface area contributed by atoms with Gasteiger partial charge in [0.25, 0.3) is 0 Å². The Bertz CT molecular complexity index is 586. The summed E-state index contributed by atoms with van der Waals surface area (Å²) in [4.78, 5) is 9.81. The number of aromatic amines is 1. The van der Waals surface area contributed by atoms with Gasteiger partial charge in [-0.25, -0.2) is 9.37 Å². The van der Waals surface area contributed by atoms with E-state index in [0.29, 0.717) is 18.0 Å². The predicted molar refractivity (Wildman–Crippen MR) is 76.4 cm³/mol. The predicted octanol–water partition coefficient (Wildman–Crippen LogP) is 1.83. The smallest absolute Gasteiger partial charge is 0.201 e. The molecule has 1 aromatic carbocycles. The Balaban J connectivity index is 1.62. The Hall–Kier alpha value is -1.66. The molecule has 0 radical (unpaired) electrons. The summed E-state index contributed by atoms with van der Waals surface area (Å²) in [6.45, 7) is 6.59. The molecule has 6 heteroatoms. The number of morpholine rings is 1. The molecular formula is C14H19FN4O. The number of anilines is 1. The number of halogens is 1. The van der Waals surface area contributed by atoms with Crippen molar-refractivity contribution in [3.8, 4) is 0 Å². The van der Waals surface area contributed by atoms with Gasteiger partial charge in [0, 0.05) is 19.6 Å². The van der Waals surface area contributed by atoms with Crippen LogP contribution in [0.4, 0.5) is 10.3 Å². The fraction of sp³-hybridized carbons (Fsp3) is 0.500. The number of hydrogen-bond acceptors (Lipinski definition) is 4. The zero-order valence-electron chi connectivity index (χ0n) is 11.5. The third-order valence-corrected chi connectivity index (χ3v) is 3.61. The monoisotopic (exact) mass is 278 g/mol. The first-order chi connectivity index (χ1) is 9.74. The minimum absolute atomic E-state index is 0.161. The molecule has 20 heavy (non-hydrogen) atoms. The van der Waals surface area contributed by atoms with Crippen molar-refractivity contribution >= 4 is 17.0 Å². The highest BCUT2D eigenvalue weighted by atomic mass is 19.1. The van der Waals surface area contributed by atoms with E-state index in [1.54, 1.807) is 6.07 Å². The summed E-state index contributed by atoms with van der Waals surface area (Å²) in [6.07, 6.45) is 0.161. The van der Waals surface area contributed by atoms with Gasteiger partial charge in [-0.15, -0.1) is 0 Å². The van der Waals surface area contributed by atoms with Gasteiger partial charge in [0.2, 0.25) is 5.95 Å². The fourth-order valence-corrected chi connectivity index (χ4v) is 2.47. The van der Waals surface area contributed by atoms with E-state index in [2.05, 4.69) is 27.1 Å². The van der Waals surface area contributed by atoms with Gasteiger partial charge in [0.15, 0.2) is 0 Å². The minimum Gasteiger partial charge on any atom is -0.374 e. The van der Waals surface area contributed by atoms with Crippen LogP contribution in [0, 0.1) is 5.82 Å². The molecule has 2 aromatic rings. The van der Waals surface area contributed by atoms with Crippen LogP contribution in [0.2, 0.25) is 0 Å². The number of H-pyrrole nitrogens is 1. The lowest BCUT2D eigenvalue weighted by Gasteiger charge is -2.32. The maximum absolute atomic E-state index is 13.1. The van der Waals surface area contributed by atoms with Crippen LogP contribution in [0.1, 0.15) is 6.92 Å². The molecule has 1 atom stereocenters. The highest BCUT2D eigenvalue weighted by molar-refractivity contribution is 5.77. The maximum Gasteiger partial charge on any atom is 0.201 e. The number of nitrogens with zero attached hydrogens (tertiary/aromatic N) is 2. The van der Waals surface area contributed by atoms with Crippen LogP contribution >= 0.6 is 0 Å². The van der Waals surface area contributed by atoms with E-state index < -0.39 is 0 Å². The van der Waals surface area contributed by atoms with Gasteiger partial charge in [0.05, 0.1) is 23.7 Å². The van der Waals surface area contributed by atoms with Crippen molar-refractivity contribution in [3.63, 3.8) is 0 Å². The average Bonchev–Trinajstić information content (AvgIpc) is 2.87. The second-order valence-corrected chi connectivity index (χ2v) is 5.01. The van der Waals surface area contributed by atoms with Gasteiger partial charge in [-0.1, -0.05) is 6.92 Å². The summed E-state index contributed by atoms with van der Waals surface area (Å²) in [5.74, 6) is 0.393. The molecule has 2 N–H and O–H groups in total. The Morgan fingerprint density at radius 2 is 2.45 bits per heavy atom. The topological polar surface area (TPSA) is 53.2 Å².